The third-order valence-corrected chi connectivity index (χ3v) is 3.70. The zero-order chi connectivity index (χ0) is 13.8. The minimum Gasteiger partial charge on any atom is -0.389 e. The van der Waals surface area contributed by atoms with Crippen molar-refractivity contribution < 1.29 is 0 Å². The Kier molecular flexibility index (Phi) is 4.50. The molecule has 0 aliphatic carbocycles. The number of benzene rings is 1. The number of anilines is 1. The van der Waals surface area contributed by atoms with Crippen molar-refractivity contribution in [2.45, 2.75) is 13.0 Å². The van der Waals surface area contributed by atoms with E-state index in [0.29, 0.717) is 4.99 Å². The number of thiocarbonyl (C=S) groups is 1. The number of nitrogens with zero attached hydrogens (tertiary/aromatic N) is 1. The molecule has 0 saturated carbocycles. The number of hydrogen-bond donors (Lipinski definition) is 2. The van der Waals surface area contributed by atoms with Crippen LogP contribution in [0.3, 0.4) is 0 Å². The van der Waals surface area contributed by atoms with Crippen LogP contribution in [0.4, 0.5) is 5.69 Å². The maximum absolute atomic E-state index is 5.78. The van der Waals surface area contributed by atoms with Crippen molar-refractivity contribution in [3.05, 3.63) is 58.3 Å². The standard InChI is InChI=1S/C14H14BrN3S/c1-9(10-5-7-17-8-6-10)18-12-4-2-3-11(15)13(12)14(16)19/h2-9,18H,1H3,(H2,16,19). The molecule has 19 heavy (non-hydrogen) atoms. The van der Waals surface area contributed by atoms with Crippen LogP contribution in [0.5, 0.6) is 0 Å². The van der Waals surface area contributed by atoms with Crippen LogP contribution in [0, 0.1) is 0 Å². The predicted molar refractivity (Wildman–Crippen MR) is 86.3 cm³/mol. The van der Waals surface area contributed by atoms with E-state index in [1.807, 2.05) is 30.3 Å². The zero-order valence-corrected chi connectivity index (χ0v) is 12.8. The molecule has 5 heteroatoms. The van der Waals surface area contributed by atoms with E-state index < -0.39 is 0 Å². The summed E-state index contributed by atoms with van der Waals surface area (Å²) < 4.78 is 0.895. The van der Waals surface area contributed by atoms with Gasteiger partial charge in [-0.3, -0.25) is 4.98 Å². The van der Waals surface area contributed by atoms with Gasteiger partial charge in [-0.1, -0.05) is 18.3 Å². The number of aromatic nitrogens is 1. The molecule has 0 radical (unpaired) electrons. The maximum Gasteiger partial charge on any atom is 0.107 e. The molecule has 1 heterocycles. The lowest BCUT2D eigenvalue weighted by molar-refractivity contribution is 0.880. The smallest absolute Gasteiger partial charge is 0.107 e. The Morgan fingerprint density at radius 1 is 1.32 bits per heavy atom. The van der Waals surface area contributed by atoms with Crippen LogP contribution in [0.15, 0.2) is 47.2 Å². The van der Waals surface area contributed by atoms with E-state index in [1.54, 1.807) is 12.4 Å². The van der Waals surface area contributed by atoms with Gasteiger partial charge in [0.2, 0.25) is 0 Å². The molecule has 0 aliphatic heterocycles. The van der Waals surface area contributed by atoms with Gasteiger partial charge in [0, 0.05) is 34.2 Å². The third kappa shape index (κ3) is 3.30. The second-order valence-corrected chi connectivity index (χ2v) is 5.47. The number of halogens is 1. The third-order valence-electron chi connectivity index (χ3n) is 2.84. The minimum atomic E-state index is 0.144. The van der Waals surface area contributed by atoms with Crippen molar-refractivity contribution in [3.8, 4) is 0 Å². The molecule has 3 nitrogen and oxygen atoms in total. The number of nitrogens with two attached hydrogens (primary N) is 1. The Hall–Kier alpha value is -1.46. The predicted octanol–water partition coefficient (Wildman–Crippen LogP) is 3.65. The molecule has 1 atom stereocenters. The molecule has 1 aromatic carbocycles. The van der Waals surface area contributed by atoms with E-state index in [9.17, 15) is 0 Å². The Morgan fingerprint density at radius 2 is 2.00 bits per heavy atom. The number of hydrogen-bond acceptors (Lipinski definition) is 3. The molecule has 98 valence electrons. The van der Waals surface area contributed by atoms with Gasteiger partial charge in [-0.2, -0.15) is 0 Å². The van der Waals surface area contributed by atoms with Crippen molar-refractivity contribution in [1.82, 2.24) is 4.98 Å². The maximum atomic E-state index is 5.78. The Bertz CT molecular complexity index is 586. The highest BCUT2D eigenvalue weighted by Gasteiger charge is 2.12. The Morgan fingerprint density at radius 3 is 2.63 bits per heavy atom. The molecule has 1 aromatic heterocycles. The fourth-order valence-corrected chi connectivity index (χ4v) is 2.79. The Balaban J connectivity index is 2.29. The van der Waals surface area contributed by atoms with Gasteiger partial charge in [0.1, 0.15) is 4.99 Å². The average Bonchev–Trinajstić information content (AvgIpc) is 2.39. The van der Waals surface area contributed by atoms with Gasteiger partial charge < -0.3 is 11.1 Å². The number of rotatable bonds is 4. The molecule has 2 aromatic rings. The fourth-order valence-electron chi connectivity index (χ4n) is 1.86. The first-order valence-electron chi connectivity index (χ1n) is 5.84. The van der Waals surface area contributed by atoms with E-state index in [4.69, 9.17) is 18.0 Å². The van der Waals surface area contributed by atoms with Gasteiger partial charge in [-0.25, -0.2) is 0 Å². The van der Waals surface area contributed by atoms with E-state index in [0.717, 1.165) is 21.3 Å². The van der Waals surface area contributed by atoms with Crippen LogP contribution < -0.4 is 11.1 Å². The fraction of sp³-hybridized carbons (Fsp3) is 0.143. The first-order valence-corrected chi connectivity index (χ1v) is 7.04. The highest BCUT2D eigenvalue weighted by Crippen LogP contribution is 2.27. The second-order valence-electron chi connectivity index (χ2n) is 4.17. The second kappa shape index (κ2) is 6.12. The summed E-state index contributed by atoms with van der Waals surface area (Å²) in [6, 6.07) is 9.96. The highest BCUT2D eigenvalue weighted by atomic mass is 79.9. The molecule has 0 saturated heterocycles. The van der Waals surface area contributed by atoms with Crippen molar-refractivity contribution in [1.29, 1.82) is 0 Å². The monoisotopic (exact) mass is 335 g/mol. The van der Waals surface area contributed by atoms with E-state index in [-0.39, 0.29) is 6.04 Å². The van der Waals surface area contributed by atoms with Crippen molar-refractivity contribution in [2.75, 3.05) is 5.32 Å². The summed E-state index contributed by atoms with van der Waals surface area (Å²) in [5.74, 6) is 0. The normalized spacial score (nSPS) is 11.9. The summed E-state index contributed by atoms with van der Waals surface area (Å²) in [5, 5.41) is 3.42. The van der Waals surface area contributed by atoms with Gasteiger partial charge in [0.05, 0.1) is 0 Å². The van der Waals surface area contributed by atoms with Crippen LogP contribution in [0.25, 0.3) is 0 Å². The lowest BCUT2D eigenvalue weighted by atomic mass is 10.1. The minimum absolute atomic E-state index is 0.144. The lowest BCUT2D eigenvalue weighted by Gasteiger charge is -2.18. The molecule has 1 unspecified atom stereocenters. The van der Waals surface area contributed by atoms with E-state index >= 15 is 0 Å². The van der Waals surface area contributed by atoms with Crippen LogP contribution in [-0.4, -0.2) is 9.97 Å². The summed E-state index contributed by atoms with van der Waals surface area (Å²) in [4.78, 5) is 4.39. The van der Waals surface area contributed by atoms with E-state index in [1.165, 1.54) is 0 Å². The quantitative estimate of drug-likeness (QED) is 0.837. The van der Waals surface area contributed by atoms with Crippen LogP contribution in [0.2, 0.25) is 0 Å². The molecule has 0 aliphatic rings. The van der Waals surface area contributed by atoms with Crippen LogP contribution in [-0.2, 0) is 0 Å². The largest absolute Gasteiger partial charge is 0.389 e. The summed E-state index contributed by atoms with van der Waals surface area (Å²) in [7, 11) is 0. The zero-order valence-electron chi connectivity index (χ0n) is 10.4. The van der Waals surface area contributed by atoms with Gasteiger partial charge in [-0.15, -0.1) is 0 Å². The molecule has 0 amide bonds. The first-order chi connectivity index (χ1) is 9.09. The molecule has 0 bridgehead atoms. The van der Waals surface area contributed by atoms with Crippen molar-refractivity contribution in [2.24, 2.45) is 5.73 Å². The van der Waals surface area contributed by atoms with Gasteiger partial charge >= 0.3 is 0 Å². The van der Waals surface area contributed by atoms with Crippen LogP contribution in [0.1, 0.15) is 24.1 Å². The molecule has 3 N–H and O–H groups in total. The molecular weight excluding hydrogens is 322 g/mol. The van der Waals surface area contributed by atoms with Gasteiger partial charge in [-0.05, 0) is 52.7 Å². The number of nitrogens with one attached hydrogen (secondary N) is 1. The van der Waals surface area contributed by atoms with Gasteiger partial charge in [0.15, 0.2) is 0 Å². The summed E-state index contributed by atoms with van der Waals surface area (Å²) >= 11 is 8.58. The lowest BCUT2D eigenvalue weighted by Crippen LogP contribution is -2.15. The first kappa shape index (κ1) is 14.0. The van der Waals surface area contributed by atoms with E-state index in [2.05, 4.69) is 33.2 Å². The topological polar surface area (TPSA) is 50.9 Å². The average molecular weight is 336 g/mol. The molecule has 0 fully saturated rings. The molecular formula is C14H14BrN3S. The number of pyridine rings is 1. The SMILES string of the molecule is CC(Nc1cccc(Br)c1C(N)=S)c1ccncc1. The van der Waals surface area contributed by atoms with Crippen LogP contribution >= 0.6 is 28.1 Å². The van der Waals surface area contributed by atoms with Gasteiger partial charge in [0.25, 0.3) is 0 Å². The summed E-state index contributed by atoms with van der Waals surface area (Å²) in [5.41, 5.74) is 8.69. The summed E-state index contributed by atoms with van der Waals surface area (Å²) in [6.07, 6.45) is 3.56. The molecule has 0 spiro atoms. The molecule has 2 rings (SSSR count). The highest BCUT2D eigenvalue weighted by molar-refractivity contribution is 9.10. The Labute approximate surface area is 126 Å². The summed E-state index contributed by atoms with van der Waals surface area (Å²) in [6.45, 7) is 2.08. The van der Waals surface area contributed by atoms with Crippen molar-refractivity contribution >= 4 is 38.8 Å². The van der Waals surface area contributed by atoms with Crippen molar-refractivity contribution in [3.63, 3.8) is 0 Å².